The zero-order valence-electron chi connectivity index (χ0n) is 17.0. The summed E-state index contributed by atoms with van der Waals surface area (Å²) in [5.41, 5.74) is 1.65. The molecule has 0 aromatic heterocycles. The minimum atomic E-state index is -0.0106. The van der Waals surface area contributed by atoms with Crippen molar-refractivity contribution in [3.05, 3.63) is 48.0 Å². The Labute approximate surface area is 166 Å². The number of para-hydroxylation sites is 2. The van der Waals surface area contributed by atoms with Crippen molar-refractivity contribution < 1.29 is 19.0 Å². The van der Waals surface area contributed by atoms with Gasteiger partial charge in [0.1, 0.15) is 17.2 Å². The summed E-state index contributed by atoms with van der Waals surface area (Å²) in [4.78, 5) is 17.1. The van der Waals surface area contributed by atoms with Crippen LogP contribution in [-0.2, 0) is 0 Å². The summed E-state index contributed by atoms with van der Waals surface area (Å²) in [6.45, 7) is 6.85. The molecule has 1 heterocycles. The van der Waals surface area contributed by atoms with Gasteiger partial charge in [-0.3, -0.25) is 4.79 Å². The topological polar surface area (TPSA) is 51.2 Å². The number of amides is 1. The van der Waals surface area contributed by atoms with Gasteiger partial charge in [0.2, 0.25) is 0 Å². The summed E-state index contributed by atoms with van der Waals surface area (Å²) in [5, 5.41) is 0. The van der Waals surface area contributed by atoms with Gasteiger partial charge in [-0.05, 0) is 38.1 Å². The smallest absolute Gasteiger partial charge is 0.254 e. The van der Waals surface area contributed by atoms with E-state index in [9.17, 15) is 4.79 Å². The van der Waals surface area contributed by atoms with Crippen LogP contribution in [0.1, 0.15) is 24.2 Å². The van der Waals surface area contributed by atoms with E-state index in [-0.39, 0.29) is 12.0 Å². The summed E-state index contributed by atoms with van der Waals surface area (Å²) in [6, 6.07) is 13.3. The Kier molecular flexibility index (Phi) is 6.29. The molecule has 0 aliphatic carbocycles. The highest BCUT2D eigenvalue weighted by Gasteiger charge is 2.24. The molecule has 0 saturated carbocycles. The number of hydrogen-bond acceptors (Lipinski definition) is 5. The number of anilines is 1. The van der Waals surface area contributed by atoms with Crippen molar-refractivity contribution in [2.45, 2.75) is 20.0 Å². The fourth-order valence-electron chi connectivity index (χ4n) is 3.34. The third-order valence-corrected chi connectivity index (χ3v) is 4.73. The predicted molar refractivity (Wildman–Crippen MR) is 110 cm³/mol. The second-order valence-electron chi connectivity index (χ2n) is 7.01. The van der Waals surface area contributed by atoms with Gasteiger partial charge in [0, 0.05) is 37.8 Å². The van der Waals surface area contributed by atoms with Gasteiger partial charge in [0.15, 0.2) is 0 Å². The van der Waals surface area contributed by atoms with Crippen LogP contribution in [0.2, 0.25) is 0 Å². The second kappa shape index (κ2) is 8.87. The number of piperazine rings is 1. The van der Waals surface area contributed by atoms with Crippen LogP contribution in [0.15, 0.2) is 42.5 Å². The first kappa shape index (κ1) is 19.9. The largest absolute Gasteiger partial charge is 0.497 e. The van der Waals surface area contributed by atoms with Crippen LogP contribution in [0.4, 0.5) is 5.69 Å². The van der Waals surface area contributed by atoms with Gasteiger partial charge in [-0.25, -0.2) is 0 Å². The van der Waals surface area contributed by atoms with Crippen LogP contribution < -0.4 is 19.1 Å². The van der Waals surface area contributed by atoms with Crippen LogP contribution >= 0.6 is 0 Å². The number of nitrogens with zero attached hydrogens (tertiary/aromatic N) is 2. The molecule has 6 heteroatoms. The van der Waals surface area contributed by atoms with Crippen molar-refractivity contribution in [1.29, 1.82) is 0 Å². The Balaban J connectivity index is 1.70. The van der Waals surface area contributed by atoms with Gasteiger partial charge in [0.05, 0.1) is 26.0 Å². The first-order valence-electron chi connectivity index (χ1n) is 9.54. The Morgan fingerprint density at radius 3 is 2.11 bits per heavy atom. The fourth-order valence-corrected chi connectivity index (χ4v) is 3.34. The molecule has 1 saturated heterocycles. The van der Waals surface area contributed by atoms with E-state index in [4.69, 9.17) is 14.2 Å². The maximum absolute atomic E-state index is 13.0. The number of ether oxygens (including phenoxy) is 3. The average Bonchev–Trinajstić information content (AvgIpc) is 2.73. The number of carbonyl (C=O) groups is 1. The average molecular weight is 384 g/mol. The standard InChI is InChI=1S/C22H28N2O4/c1-16(2)28-21-8-6-5-7-20(21)23-9-11-24(12-10-23)22(25)17-13-18(26-3)15-19(14-17)27-4/h5-8,13-16H,9-12H2,1-4H3. The highest BCUT2D eigenvalue weighted by atomic mass is 16.5. The Bertz CT molecular complexity index is 792. The zero-order chi connectivity index (χ0) is 20.1. The lowest BCUT2D eigenvalue weighted by Crippen LogP contribution is -2.48. The molecule has 1 fully saturated rings. The van der Waals surface area contributed by atoms with E-state index in [1.807, 2.05) is 36.9 Å². The number of hydrogen-bond donors (Lipinski definition) is 0. The summed E-state index contributed by atoms with van der Waals surface area (Å²) in [7, 11) is 3.16. The molecule has 0 N–H and O–H groups in total. The lowest BCUT2D eigenvalue weighted by atomic mass is 10.1. The molecule has 1 aliphatic rings. The first-order valence-corrected chi connectivity index (χ1v) is 9.54. The first-order chi connectivity index (χ1) is 13.5. The van der Waals surface area contributed by atoms with Gasteiger partial charge in [-0.1, -0.05) is 12.1 Å². The predicted octanol–water partition coefficient (Wildman–Crippen LogP) is 3.45. The van der Waals surface area contributed by atoms with E-state index in [0.29, 0.717) is 30.2 Å². The van der Waals surface area contributed by atoms with Crippen LogP contribution in [0.3, 0.4) is 0 Å². The maximum Gasteiger partial charge on any atom is 0.254 e. The fraction of sp³-hybridized carbons (Fsp3) is 0.409. The van der Waals surface area contributed by atoms with E-state index in [1.54, 1.807) is 32.4 Å². The van der Waals surface area contributed by atoms with Crippen molar-refractivity contribution in [2.75, 3.05) is 45.3 Å². The van der Waals surface area contributed by atoms with Crippen molar-refractivity contribution in [2.24, 2.45) is 0 Å². The molecule has 0 bridgehead atoms. The van der Waals surface area contributed by atoms with Crippen molar-refractivity contribution >= 4 is 11.6 Å². The highest BCUT2D eigenvalue weighted by Crippen LogP contribution is 2.30. The molecule has 150 valence electrons. The number of rotatable bonds is 6. The minimum Gasteiger partial charge on any atom is -0.497 e. The third kappa shape index (κ3) is 4.50. The van der Waals surface area contributed by atoms with Gasteiger partial charge in [-0.15, -0.1) is 0 Å². The SMILES string of the molecule is COc1cc(OC)cc(C(=O)N2CCN(c3ccccc3OC(C)C)CC2)c1. The molecule has 2 aromatic carbocycles. The van der Waals surface area contributed by atoms with E-state index >= 15 is 0 Å². The summed E-state index contributed by atoms with van der Waals surface area (Å²) in [6.07, 6.45) is 0.118. The normalized spacial score (nSPS) is 14.2. The van der Waals surface area contributed by atoms with E-state index in [1.165, 1.54) is 0 Å². The van der Waals surface area contributed by atoms with Crippen LogP contribution in [0.5, 0.6) is 17.2 Å². The Hall–Kier alpha value is -2.89. The van der Waals surface area contributed by atoms with Gasteiger partial charge >= 0.3 is 0 Å². The monoisotopic (exact) mass is 384 g/mol. The number of carbonyl (C=O) groups excluding carboxylic acids is 1. The highest BCUT2D eigenvalue weighted by molar-refractivity contribution is 5.95. The van der Waals surface area contributed by atoms with Gasteiger partial charge in [-0.2, -0.15) is 0 Å². The third-order valence-electron chi connectivity index (χ3n) is 4.73. The molecule has 3 rings (SSSR count). The van der Waals surface area contributed by atoms with Gasteiger partial charge in [0.25, 0.3) is 5.91 Å². The van der Waals surface area contributed by atoms with E-state index < -0.39 is 0 Å². The molecule has 0 radical (unpaired) electrons. The molecule has 0 unspecified atom stereocenters. The quantitative estimate of drug-likeness (QED) is 0.764. The summed E-state index contributed by atoms with van der Waals surface area (Å²) in [5.74, 6) is 2.10. The number of methoxy groups -OCH3 is 2. The summed E-state index contributed by atoms with van der Waals surface area (Å²) >= 11 is 0. The van der Waals surface area contributed by atoms with Crippen LogP contribution in [0, 0.1) is 0 Å². The number of benzene rings is 2. The Morgan fingerprint density at radius 2 is 1.54 bits per heavy atom. The maximum atomic E-state index is 13.0. The van der Waals surface area contributed by atoms with Crippen molar-refractivity contribution in [3.8, 4) is 17.2 Å². The van der Waals surface area contributed by atoms with Gasteiger partial charge < -0.3 is 24.0 Å². The zero-order valence-corrected chi connectivity index (χ0v) is 17.0. The molecule has 6 nitrogen and oxygen atoms in total. The second-order valence-corrected chi connectivity index (χ2v) is 7.01. The lowest BCUT2D eigenvalue weighted by molar-refractivity contribution is 0.0746. The summed E-state index contributed by atoms with van der Waals surface area (Å²) < 4.78 is 16.5. The molecule has 2 aromatic rings. The Morgan fingerprint density at radius 1 is 0.929 bits per heavy atom. The van der Waals surface area contributed by atoms with Crippen molar-refractivity contribution in [1.82, 2.24) is 4.90 Å². The lowest BCUT2D eigenvalue weighted by Gasteiger charge is -2.37. The molecule has 1 aliphatic heterocycles. The molecule has 28 heavy (non-hydrogen) atoms. The molecular formula is C22H28N2O4. The molecule has 0 atom stereocenters. The van der Waals surface area contributed by atoms with E-state index in [2.05, 4.69) is 11.0 Å². The van der Waals surface area contributed by atoms with Crippen LogP contribution in [-0.4, -0.2) is 57.3 Å². The molecule has 0 spiro atoms. The van der Waals surface area contributed by atoms with Crippen molar-refractivity contribution in [3.63, 3.8) is 0 Å². The van der Waals surface area contributed by atoms with E-state index in [0.717, 1.165) is 24.5 Å². The molecule has 1 amide bonds. The minimum absolute atomic E-state index is 0.0106. The molecular weight excluding hydrogens is 356 g/mol. The van der Waals surface area contributed by atoms with Crippen LogP contribution in [0.25, 0.3) is 0 Å².